The van der Waals surface area contributed by atoms with Gasteiger partial charge in [0.1, 0.15) is 5.82 Å². The molecule has 2 N–H and O–H groups in total. The van der Waals surface area contributed by atoms with E-state index in [0.717, 1.165) is 12.8 Å². The van der Waals surface area contributed by atoms with Gasteiger partial charge in [0.2, 0.25) is 0 Å². The van der Waals surface area contributed by atoms with Crippen LogP contribution in [-0.4, -0.2) is 6.04 Å². The lowest BCUT2D eigenvalue weighted by Gasteiger charge is -2.14. The minimum atomic E-state index is -0.193. The third-order valence-electron chi connectivity index (χ3n) is 2.57. The molecule has 0 spiro atoms. The zero-order valence-corrected chi connectivity index (χ0v) is 10.6. The molecule has 90 valence electrons. The Kier molecular flexibility index (Phi) is 5.23. The summed E-state index contributed by atoms with van der Waals surface area (Å²) in [5.74, 6) is 0.389. The molecule has 0 saturated carbocycles. The molecular weight excluding hydrogens is 225 g/mol. The zero-order valence-electron chi connectivity index (χ0n) is 9.84. The van der Waals surface area contributed by atoms with E-state index in [0.29, 0.717) is 22.9 Å². The summed E-state index contributed by atoms with van der Waals surface area (Å²) < 4.78 is 13.4. The van der Waals surface area contributed by atoms with Crippen LogP contribution >= 0.6 is 11.6 Å². The summed E-state index contributed by atoms with van der Waals surface area (Å²) in [5, 5.41) is 0.578. The maximum atomic E-state index is 13.4. The second-order valence-corrected chi connectivity index (χ2v) is 5.10. The van der Waals surface area contributed by atoms with E-state index in [1.165, 1.54) is 6.07 Å². The molecule has 0 fully saturated rings. The molecule has 0 heterocycles. The Morgan fingerprint density at radius 2 is 2.06 bits per heavy atom. The van der Waals surface area contributed by atoms with Gasteiger partial charge in [0, 0.05) is 11.1 Å². The molecule has 1 unspecified atom stereocenters. The molecular formula is C13H19ClFN. The first-order chi connectivity index (χ1) is 7.49. The van der Waals surface area contributed by atoms with Gasteiger partial charge in [0.15, 0.2) is 0 Å². The van der Waals surface area contributed by atoms with E-state index in [9.17, 15) is 4.39 Å². The van der Waals surface area contributed by atoms with Crippen LogP contribution in [0.4, 0.5) is 4.39 Å². The van der Waals surface area contributed by atoms with Crippen LogP contribution in [0.15, 0.2) is 18.2 Å². The van der Waals surface area contributed by atoms with Crippen molar-refractivity contribution >= 4 is 11.6 Å². The largest absolute Gasteiger partial charge is 0.328 e. The first-order valence-corrected chi connectivity index (χ1v) is 6.06. The van der Waals surface area contributed by atoms with Crippen molar-refractivity contribution < 1.29 is 4.39 Å². The van der Waals surface area contributed by atoms with Crippen LogP contribution in [0.2, 0.25) is 5.02 Å². The number of nitrogens with two attached hydrogens (primary N) is 1. The molecule has 0 saturated heterocycles. The van der Waals surface area contributed by atoms with Gasteiger partial charge >= 0.3 is 0 Å². The van der Waals surface area contributed by atoms with Crippen molar-refractivity contribution in [2.24, 2.45) is 11.7 Å². The van der Waals surface area contributed by atoms with Crippen LogP contribution in [0.3, 0.4) is 0 Å². The van der Waals surface area contributed by atoms with Gasteiger partial charge in [-0.15, -0.1) is 0 Å². The Morgan fingerprint density at radius 1 is 1.38 bits per heavy atom. The molecule has 0 aromatic heterocycles. The molecule has 0 amide bonds. The minimum Gasteiger partial charge on any atom is -0.328 e. The van der Waals surface area contributed by atoms with Crippen LogP contribution in [0.25, 0.3) is 0 Å². The molecule has 0 aliphatic carbocycles. The van der Waals surface area contributed by atoms with E-state index in [1.807, 2.05) is 0 Å². The number of hydrogen-bond acceptors (Lipinski definition) is 1. The van der Waals surface area contributed by atoms with Gasteiger partial charge in [-0.2, -0.15) is 0 Å². The fourth-order valence-electron chi connectivity index (χ4n) is 1.80. The summed E-state index contributed by atoms with van der Waals surface area (Å²) in [6, 6.07) is 4.79. The van der Waals surface area contributed by atoms with Gasteiger partial charge < -0.3 is 5.73 Å². The highest BCUT2D eigenvalue weighted by atomic mass is 35.5. The molecule has 3 heteroatoms. The van der Waals surface area contributed by atoms with Gasteiger partial charge in [-0.05, 0) is 48.9 Å². The number of aryl methyl sites for hydroxylation is 1. The average molecular weight is 244 g/mol. The molecule has 0 bridgehead atoms. The topological polar surface area (TPSA) is 26.0 Å². The van der Waals surface area contributed by atoms with Crippen LogP contribution in [-0.2, 0) is 6.42 Å². The van der Waals surface area contributed by atoms with E-state index < -0.39 is 0 Å². The van der Waals surface area contributed by atoms with Gasteiger partial charge in [-0.25, -0.2) is 4.39 Å². The van der Waals surface area contributed by atoms with Crippen LogP contribution in [0, 0.1) is 11.7 Å². The van der Waals surface area contributed by atoms with Gasteiger partial charge in [0.05, 0.1) is 0 Å². The minimum absolute atomic E-state index is 0.137. The predicted octanol–water partition coefficient (Wildman–Crippen LogP) is 3.79. The molecule has 1 rings (SSSR count). The molecule has 1 aromatic carbocycles. The van der Waals surface area contributed by atoms with Crippen molar-refractivity contribution in [2.75, 3.05) is 0 Å². The number of halogens is 2. The summed E-state index contributed by atoms with van der Waals surface area (Å²) in [7, 11) is 0. The van der Waals surface area contributed by atoms with E-state index >= 15 is 0 Å². The Bertz CT molecular complexity index is 339. The molecule has 16 heavy (non-hydrogen) atoms. The molecule has 0 aliphatic rings. The van der Waals surface area contributed by atoms with Crippen molar-refractivity contribution in [3.63, 3.8) is 0 Å². The molecule has 0 aliphatic heterocycles. The fourth-order valence-corrected chi connectivity index (χ4v) is 1.99. The lowest BCUT2D eigenvalue weighted by molar-refractivity contribution is 0.469. The number of benzene rings is 1. The van der Waals surface area contributed by atoms with Crippen molar-refractivity contribution in [1.82, 2.24) is 0 Å². The average Bonchev–Trinajstić information content (AvgIpc) is 2.18. The molecule has 1 aromatic rings. The monoisotopic (exact) mass is 243 g/mol. The first kappa shape index (κ1) is 13.5. The molecule has 1 atom stereocenters. The smallest absolute Gasteiger partial charge is 0.126 e. The van der Waals surface area contributed by atoms with E-state index in [-0.39, 0.29) is 11.9 Å². The fraction of sp³-hybridized carbons (Fsp3) is 0.538. The quantitative estimate of drug-likeness (QED) is 0.837. The normalized spacial score (nSPS) is 13.1. The van der Waals surface area contributed by atoms with Gasteiger partial charge in [-0.3, -0.25) is 0 Å². The van der Waals surface area contributed by atoms with Crippen LogP contribution in [0.5, 0.6) is 0 Å². The van der Waals surface area contributed by atoms with Crippen LogP contribution < -0.4 is 5.73 Å². The van der Waals surface area contributed by atoms with E-state index in [1.54, 1.807) is 12.1 Å². The number of hydrogen-bond donors (Lipinski definition) is 1. The zero-order chi connectivity index (χ0) is 12.1. The molecule has 0 radical (unpaired) electrons. The SMILES string of the molecule is CC(C)CC(N)CCc1cc(Cl)ccc1F. The third-order valence-corrected chi connectivity index (χ3v) is 2.80. The second-order valence-electron chi connectivity index (χ2n) is 4.66. The summed E-state index contributed by atoms with van der Waals surface area (Å²) >= 11 is 5.82. The van der Waals surface area contributed by atoms with E-state index in [4.69, 9.17) is 17.3 Å². The lowest BCUT2D eigenvalue weighted by Crippen LogP contribution is -2.22. The van der Waals surface area contributed by atoms with E-state index in [2.05, 4.69) is 13.8 Å². The maximum absolute atomic E-state index is 13.4. The first-order valence-electron chi connectivity index (χ1n) is 5.68. The Balaban J connectivity index is 2.51. The van der Waals surface area contributed by atoms with Crippen LogP contribution in [0.1, 0.15) is 32.3 Å². The Hall–Kier alpha value is -0.600. The maximum Gasteiger partial charge on any atom is 0.126 e. The van der Waals surface area contributed by atoms with Crippen molar-refractivity contribution in [3.8, 4) is 0 Å². The highest BCUT2D eigenvalue weighted by molar-refractivity contribution is 6.30. The number of rotatable bonds is 5. The van der Waals surface area contributed by atoms with Gasteiger partial charge in [-0.1, -0.05) is 25.4 Å². The summed E-state index contributed by atoms with van der Waals surface area (Å²) in [6.45, 7) is 4.28. The summed E-state index contributed by atoms with van der Waals surface area (Å²) in [4.78, 5) is 0. The Morgan fingerprint density at radius 3 is 2.69 bits per heavy atom. The van der Waals surface area contributed by atoms with Crippen molar-refractivity contribution in [3.05, 3.63) is 34.6 Å². The van der Waals surface area contributed by atoms with Crippen molar-refractivity contribution in [2.45, 2.75) is 39.2 Å². The lowest BCUT2D eigenvalue weighted by atomic mass is 9.98. The van der Waals surface area contributed by atoms with Crippen molar-refractivity contribution in [1.29, 1.82) is 0 Å². The highest BCUT2D eigenvalue weighted by Gasteiger charge is 2.08. The standard InChI is InChI=1S/C13H19ClFN/c1-9(2)7-12(16)5-3-10-8-11(14)4-6-13(10)15/h4,6,8-9,12H,3,5,7,16H2,1-2H3. The third kappa shape index (κ3) is 4.50. The second kappa shape index (κ2) is 6.21. The Labute approximate surface area is 102 Å². The predicted molar refractivity (Wildman–Crippen MR) is 67.2 cm³/mol. The summed E-state index contributed by atoms with van der Waals surface area (Å²) in [6.07, 6.45) is 2.43. The van der Waals surface area contributed by atoms with Gasteiger partial charge in [0.25, 0.3) is 0 Å². The molecule has 1 nitrogen and oxygen atoms in total. The summed E-state index contributed by atoms with van der Waals surface area (Å²) in [5.41, 5.74) is 6.61. The highest BCUT2D eigenvalue weighted by Crippen LogP contribution is 2.17.